The maximum Gasteiger partial charge on any atom is 0.407 e. The fourth-order valence-corrected chi connectivity index (χ4v) is 5.18. The van der Waals surface area contributed by atoms with Crippen molar-refractivity contribution in [2.75, 3.05) is 12.9 Å². The highest BCUT2D eigenvalue weighted by Crippen LogP contribution is 2.15. The van der Waals surface area contributed by atoms with Crippen LogP contribution < -0.4 is 25.4 Å². The lowest BCUT2D eigenvalue weighted by Gasteiger charge is -2.23. The fourth-order valence-electron chi connectivity index (χ4n) is 4.48. The van der Waals surface area contributed by atoms with Crippen LogP contribution in [0.15, 0.2) is 78.9 Å². The number of amides is 3. The van der Waals surface area contributed by atoms with E-state index < -0.39 is 45.6 Å². The van der Waals surface area contributed by atoms with E-state index in [1.54, 1.807) is 45.0 Å². The maximum atomic E-state index is 13.5. The summed E-state index contributed by atoms with van der Waals surface area (Å²) in [6.07, 6.45) is 0.741. The normalized spacial score (nSPS) is 12.8. The molecule has 3 aromatic carbocycles. The Morgan fingerprint density at radius 3 is 1.78 bits per heavy atom. The first kappa shape index (κ1) is 36.1. The van der Waals surface area contributed by atoms with Gasteiger partial charge in [0.1, 0.15) is 23.4 Å². The Balaban J connectivity index is 1.68. The van der Waals surface area contributed by atoms with Gasteiger partial charge < -0.3 is 25.4 Å². The van der Waals surface area contributed by atoms with Gasteiger partial charge in [0, 0.05) is 19.5 Å². The molecule has 0 saturated carbocycles. The summed E-state index contributed by atoms with van der Waals surface area (Å²) in [6.45, 7) is 8.23. The van der Waals surface area contributed by atoms with Crippen LogP contribution in [-0.4, -0.2) is 56.9 Å². The number of sulfonamides is 1. The first-order valence-electron chi connectivity index (χ1n) is 15.1. The summed E-state index contributed by atoms with van der Waals surface area (Å²) >= 11 is 0. The number of hydrogen-bond donors (Lipinski definition) is 4. The molecule has 4 N–H and O–H groups in total. The molecule has 0 aliphatic rings. The molecule has 0 radical (unpaired) electrons. The van der Waals surface area contributed by atoms with Crippen LogP contribution in [0.1, 0.15) is 49.9 Å². The van der Waals surface area contributed by atoms with Crippen molar-refractivity contribution in [3.05, 3.63) is 101 Å². The molecule has 3 amide bonds. The number of nitrogens with one attached hydrogen (secondary N) is 4. The van der Waals surface area contributed by atoms with Gasteiger partial charge in [-0.2, -0.15) is 0 Å². The van der Waals surface area contributed by atoms with Gasteiger partial charge in [-0.1, -0.05) is 66.7 Å². The van der Waals surface area contributed by atoms with E-state index in [0.717, 1.165) is 22.9 Å². The monoisotopic (exact) mass is 652 g/mol. The molecule has 3 aromatic rings. The van der Waals surface area contributed by atoms with Gasteiger partial charge in [0.2, 0.25) is 21.8 Å². The summed E-state index contributed by atoms with van der Waals surface area (Å²) in [5.74, 6) is -0.390. The van der Waals surface area contributed by atoms with Crippen molar-refractivity contribution in [1.29, 1.82) is 0 Å². The predicted molar refractivity (Wildman–Crippen MR) is 177 cm³/mol. The summed E-state index contributed by atoms with van der Waals surface area (Å²) in [5.41, 5.74) is 2.61. The minimum Gasteiger partial charge on any atom is -0.494 e. The summed E-state index contributed by atoms with van der Waals surface area (Å²) in [5, 5.41) is 8.36. The van der Waals surface area contributed by atoms with Crippen LogP contribution in [0.2, 0.25) is 0 Å². The van der Waals surface area contributed by atoms with E-state index in [2.05, 4.69) is 20.7 Å². The highest BCUT2D eigenvalue weighted by molar-refractivity contribution is 7.88. The molecule has 0 aliphatic heterocycles. The molecule has 11 nitrogen and oxygen atoms in total. The Labute approximate surface area is 271 Å². The zero-order valence-electron chi connectivity index (χ0n) is 27.0. The van der Waals surface area contributed by atoms with E-state index in [0.29, 0.717) is 17.9 Å². The van der Waals surface area contributed by atoms with Gasteiger partial charge >= 0.3 is 6.09 Å². The summed E-state index contributed by atoms with van der Waals surface area (Å²) in [4.78, 5) is 38.9. The molecule has 0 aliphatic carbocycles. The Morgan fingerprint density at radius 2 is 1.24 bits per heavy atom. The average Bonchev–Trinajstić information content (AvgIpc) is 2.99. The molecule has 46 heavy (non-hydrogen) atoms. The van der Waals surface area contributed by atoms with Gasteiger partial charge in [0.05, 0.1) is 12.9 Å². The second kappa shape index (κ2) is 16.8. The highest BCUT2D eigenvalue weighted by atomic mass is 32.2. The van der Waals surface area contributed by atoms with Gasteiger partial charge in [-0.3, -0.25) is 9.59 Å². The van der Waals surface area contributed by atoms with Crippen molar-refractivity contribution in [2.24, 2.45) is 0 Å². The number of ether oxygens (including phenoxy) is 2. The molecule has 12 heteroatoms. The second-order valence-corrected chi connectivity index (χ2v) is 13.6. The third-order valence-electron chi connectivity index (χ3n) is 6.59. The fraction of sp³-hybridized carbons (Fsp3) is 0.382. The van der Waals surface area contributed by atoms with Crippen molar-refractivity contribution >= 4 is 27.9 Å². The largest absolute Gasteiger partial charge is 0.494 e. The van der Waals surface area contributed by atoms with Crippen LogP contribution in [0.25, 0.3) is 0 Å². The SMILES string of the molecule is CCOc1ccc(C[C@@H](NS(C)(=O)=O)C(=O)N[C@@H](Cc2ccccc2)C(=O)NCc2ccc(CNC(=O)OC(C)(C)C)cc2)cc1. The minimum atomic E-state index is -3.75. The van der Waals surface area contributed by atoms with E-state index in [9.17, 15) is 22.8 Å². The first-order valence-corrected chi connectivity index (χ1v) is 17.0. The molecule has 2 atom stereocenters. The van der Waals surface area contributed by atoms with E-state index in [4.69, 9.17) is 9.47 Å². The van der Waals surface area contributed by atoms with Crippen LogP contribution >= 0.6 is 0 Å². The van der Waals surface area contributed by atoms with Crippen LogP contribution in [-0.2, 0) is 50.3 Å². The maximum absolute atomic E-state index is 13.5. The van der Waals surface area contributed by atoms with Crippen LogP contribution in [0, 0.1) is 0 Å². The molecular weight excluding hydrogens is 608 g/mol. The number of carbonyl (C=O) groups is 3. The number of alkyl carbamates (subject to hydrolysis) is 1. The minimum absolute atomic E-state index is 0.0696. The lowest BCUT2D eigenvalue weighted by Crippen LogP contribution is -2.54. The van der Waals surface area contributed by atoms with E-state index >= 15 is 0 Å². The molecule has 0 unspecified atom stereocenters. The number of hydrogen-bond acceptors (Lipinski definition) is 7. The van der Waals surface area contributed by atoms with Crippen molar-refractivity contribution < 1.29 is 32.3 Å². The van der Waals surface area contributed by atoms with Gasteiger partial charge in [-0.05, 0) is 68.5 Å². The van der Waals surface area contributed by atoms with Crippen molar-refractivity contribution in [3.63, 3.8) is 0 Å². The lowest BCUT2D eigenvalue weighted by molar-refractivity contribution is -0.129. The molecular formula is C34H44N4O7S. The standard InChI is InChI=1S/C34H44N4O7S/c1-6-44-28-18-16-25(17-19-28)21-30(38-46(5,42)43)32(40)37-29(20-24-10-8-7-9-11-24)31(39)35-22-26-12-14-27(15-13-26)23-36-33(41)45-34(2,3)4/h7-19,29-30,38H,6,20-23H2,1-5H3,(H,35,39)(H,36,41)(H,37,40)/t29-,30+/m0/s1. The molecule has 0 saturated heterocycles. The van der Waals surface area contributed by atoms with Crippen LogP contribution in [0.5, 0.6) is 5.75 Å². The average molecular weight is 653 g/mol. The van der Waals surface area contributed by atoms with Gasteiger partial charge in [-0.15, -0.1) is 0 Å². The Hall–Kier alpha value is -4.42. The highest BCUT2D eigenvalue weighted by Gasteiger charge is 2.28. The molecule has 0 fully saturated rings. The molecule has 0 spiro atoms. The van der Waals surface area contributed by atoms with E-state index in [1.165, 1.54) is 0 Å². The van der Waals surface area contributed by atoms with E-state index in [-0.39, 0.29) is 25.9 Å². The summed E-state index contributed by atoms with van der Waals surface area (Å²) in [7, 11) is -3.75. The summed E-state index contributed by atoms with van der Waals surface area (Å²) < 4.78 is 37.5. The van der Waals surface area contributed by atoms with Crippen LogP contribution in [0.4, 0.5) is 4.79 Å². The number of carbonyl (C=O) groups excluding carboxylic acids is 3. The topological polar surface area (TPSA) is 152 Å². The smallest absolute Gasteiger partial charge is 0.407 e. The Kier molecular flexibility index (Phi) is 13.1. The van der Waals surface area contributed by atoms with Gasteiger partial charge in [-0.25, -0.2) is 17.9 Å². The first-order chi connectivity index (χ1) is 21.7. The quantitative estimate of drug-likeness (QED) is 0.196. The third kappa shape index (κ3) is 13.3. The van der Waals surface area contributed by atoms with Gasteiger partial charge in [0.15, 0.2) is 0 Å². The molecule has 0 bridgehead atoms. The van der Waals surface area contributed by atoms with Crippen molar-refractivity contribution in [3.8, 4) is 5.75 Å². The predicted octanol–water partition coefficient (Wildman–Crippen LogP) is 3.61. The zero-order valence-corrected chi connectivity index (χ0v) is 27.8. The lowest BCUT2D eigenvalue weighted by atomic mass is 10.0. The third-order valence-corrected chi connectivity index (χ3v) is 7.30. The van der Waals surface area contributed by atoms with Crippen molar-refractivity contribution in [2.45, 2.75) is 71.3 Å². The zero-order chi connectivity index (χ0) is 33.7. The number of benzene rings is 3. The molecule has 248 valence electrons. The molecule has 0 heterocycles. The Morgan fingerprint density at radius 1 is 0.717 bits per heavy atom. The van der Waals surface area contributed by atoms with E-state index in [1.807, 2.05) is 61.5 Å². The van der Waals surface area contributed by atoms with Crippen LogP contribution in [0.3, 0.4) is 0 Å². The summed E-state index contributed by atoms with van der Waals surface area (Å²) in [6, 6.07) is 21.5. The molecule has 3 rings (SSSR count). The van der Waals surface area contributed by atoms with Crippen molar-refractivity contribution in [1.82, 2.24) is 20.7 Å². The second-order valence-electron chi connectivity index (χ2n) is 11.9. The Bertz CT molecular complexity index is 1540. The van der Waals surface area contributed by atoms with Gasteiger partial charge in [0.25, 0.3) is 0 Å². The molecule has 0 aromatic heterocycles. The number of rotatable bonds is 15.